The fourth-order valence-electron chi connectivity index (χ4n) is 3.00. The zero-order valence-corrected chi connectivity index (χ0v) is 13.5. The number of nitrogens with zero attached hydrogens (tertiary/aromatic N) is 1. The Bertz CT molecular complexity index is 710. The van der Waals surface area contributed by atoms with Crippen molar-refractivity contribution in [3.05, 3.63) is 64.7 Å². The summed E-state index contributed by atoms with van der Waals surface area (Å²) in [6, 6.07) is 14.6. The monoisotopic (exact) mass is 309 g/mol. The van der Waals surface area contributed by atoms with Gasteiger partial charge in [-0.25, -0.2) is 4.99 Å². The maximum atomic E-state index is 6.01. The third-order valence-electron chi connectivity index (χ3n) is 4.11. The number of anilines is 1. The lowest BCUT2D eigenvalue weighted by Gasteiger charge is -2.08. The van der Waals surface area contributed by atoms with E-state index in [0.29, 0.717) is 19.1 Å². The zero-order valence-electron chi connectivity index (χ0n) is 13.5. The number of methoxy groups -OCH3 is 1. The summed E-state index contributed by atoms with van der Waals surface area (Å²) in [7, 11) is 1.70. The lowest BCUT2D eigenvalue weighted by atomic mass is 10.1. The molecular weight excluding hydrogens is 286 g/mol. The highest BCUT2D eigenvalue weighted by Crippen LogP contribution is 2.24. The number of fused-ring (bicyclic) bond motifs is 1. The van der Waals surface area contributed by atoms with Crippen LogP contribution in [-0.2, 0) is 30.7 Å². The van der Waals surface area contributed by atoms with Crippen LogP contribution in [0.2, 0.25) is 0 Å². The third kappa shape index (κ3) is 4.11. The highest BCUT2D eigenvalue weighted by Gasteiger charge is 2.10. The minimum absolute atomic E-state index is 0.445. The van der Waals surface area contributed by atoms with Gasteiger partial charge in [0.1, 0.15) is 0 Å². The third-order valence-corrected chi connectivity index (χ3v) is 4.11. The van der Waals surface area contributed by atoms with Crippen LogP contribution in [0, 0.1) is 0 Å². The van der Waals surface area contributed by atoms with Gasteiger partial charge in [0.05, 0.1) is 13.2 Å². The molecule has 3 N–H and O–H groups in total. The summed E-state index contributed by atoms with van der Waals surface area (Å²) < 4.78 is 5.15. The summed E-state index contributed by atoms with van der Waals surface area (Å²) in [5.41, 5.74) is 12.2. The second-order valence-corrected chi connectivity index (χ2v) is 5.92. The largest absolute Gasteiger partial charge is 0.380 e. The van der Waals surface area contributed by atoms with Gasteiger partial charge in [-0.3, -0.25) is 0 Å². The van der Waals surface area contributed by atoms with E-state index in [0.717, 1.165) is 23.2 Å². The Morgan fingerprint density at radius 3 is 2.83 bits per heavy atom. The molecule has 0 saturated heterocycles. The molecule has 120 valence electrons. The van der Waals surface area contributed by atoms with Crippen LogP contribution in [0.4, 0.5) is 5.69 Å². The van der Waals surface area contributed by atoms with Crippen molar-refractivity contribution in [3.8, 4) is 0 Å². The number of guanidine groups is 1. The van der Waals surface area contributed by atoms with Gasteiger partial charge in [-0.05, 0) is 53.6 Å². The molecule has 0 amide bonds. The number of hydrogen-bond donors (Lipinski definition) is 2. The van der Waals surface area contributed by atoms with Crippen molar-refractivity contribution >= 4 is 11.6 Å². The first-order chi connectivity index (χ1) is 11.2. The Kier molecular flexibility index (Phi) is 4.93. The quantitative estimate of drug-likeness (QED) is 0.658. The highest BCUT2D eigenvalue weighted by atomic mass is 16.5. The average Bonchev–Trinajstić information content (AvgIpc) is 3.01. The van der Waals surface area contributed by atoms with Gasteiger partial charge in [0.15, 0.2) is 5.96 Å². The molecule has 0 bridgehead atoms. The SMILES string of the molecule is COCc1cccc(CN=C(N)Nc2ccc3c(c2)CCC3)c1. The van der Waals surface area contributed by atoms with Gasteiger partial charge in [0, 0.05) is 12.8 Å². The second kappa shape index (κ2) is 7.29. The molecule has 1 aliphatic rings. The van der Waals surface area contributed by atoms with Gasteiger partial charge in [-0.2, -0.15) is 0 Å². The van der Waals surface area contributed by atoms with E-state index in [1.807, 2.05) is 18.2 Å². The maximum Gasteiger partial charge on any atom is 0.193 e. The van der Waals surface area contributed by atoms with E-state index in [1.165, 1.54) is 24.0 Å². The molecule has 4 heteroatoms. The van der Waals surface area contributed by atoms with E-state index >= 15 is 0 Å². The van der Waals surface area contributed by atoms with Gasteiger partial charge < -0.3 is 15.8 Å². The number of nitrogens with two attached hydrogens (primary N) is 1. The number of aryl methyl sites for hydroxylation is 2. The summed E-state index contributed by atoms with van der Waals surface area (Å²) in [6.07, 6.45) is 3.60. The van der Waals surface area contributed by atoms with Crippen LogP contribution in [0.25, 0.3) is 0 Å². The number of ether oxygens (including phenoxy) is 1. The van der Waals surface area contributed by atoms with Gasteiger partial charge >= 0.3 is 0 Å². The predicted octanol–water partition coefficient (Wildman–Crippen LogP) is 3.25. The van der Waals surface area contributed by atoms with Crippen LogP contribution in [0.15, 0.2) is 47.5 Å². The van der Waals surface area contributed by atoms with Crippen molar-refractivity contribution in [1.29, 1.82) is 0 Å². The van der Waals surface area contributed by atoms with Gasteiger partial charge in [-0.15, -0.1) is 0 Å². The molecule has 1 aliphatic carbocycles. The Morgan fingerprint density at radius 1 is 1.13 bits per heavy atom. The standard InChI is InChI=1S/C19H23N3O/c1-23-13-15-5-2-4-14(10-15)12-21-19(20)22-18-9-8-16-6-3-7-17(16)11-18/h2,4-5,8-11H,3,6-7,12-13H2,1H3,(H3,20,21,22). The highest BCUT2D eigenvalue weighted by molar-refractivity contribution is 5.92. The summed E-state index contributed by atoms with van der Waals surface area (Å²) in [4.78, 5) is 4.43. The van der Waals surface area contributed by atoms with Gasteiger partial charge in [0.2, 0.25) is 0 Å². The van der Waals surface area contributed by atoms with Gasteiger partial charge in [-0.1, -0.05) is 30.3 Å². The molecule has 3 rings (SSSR count). The van der Waals surface area contributed by atoms with E-state index < -0.39 is 0 Å². The van der Waals surface area contributed by atoms with Crippen LogP contribution >= 0.6 is 0 Å². The minimum Gasteiger partial charge on any atom is -0.380 e. The van der Waals surface area contributed by atoms with Crippen molar-refractivity contribution < 1.29 is 4.74 Å². The number of hydrogen-bond acceptors (Lipinski definition) is 2. The van der Waals surface area contributed by atoms with Crippen molar-refractivity contribution in [2.75, 3.05) is 12.4 Å². The molecule has 4 nitrogen and oxygen atoms in total. The van der Waals surface area contributed by atoms with Crippen LogP contribution < -0.4 is 11.1 Å². The predicted molar refractivity (Wildman–Crippen MR) is 94.6 cm³/mol. The summed E-state index contributed by atoms with van der Waals surface area (Å²) in [5.74, 6) is 0.445. The first kappa shape index (κ1) is 15.6. The zero-order chi connectivity index (χ0) is 16.1. The maximum absolute atomic E-state index is 6.01. The molecule has 0 saturated carbocycles. The minimum atomic E-state index is 0.445. The van der Waals surface area contributed by atoms with E-state index in [-0.39, 0.29) is 0 Å². The number of benzene rings is 2. The van der Waals surface area contributed by atoms with Crippen LogP contribution in [0.3, 0.4) is 0 Å². The molecule has 0 spiro atoms. The fourth-order valence-corrected chi connectivity index (χ4v) is 3.00. The summed E-state index contributed by atoms with van der Waals surface area (Å²) in [5, 5.41) is 3.18. The second-order valence-electron chi connectivity index (χ2n) is 5.92. The van der Waals surface area contributed by atoms with Crippen LogP contribution in [0.5, 0.6) is 0 Å². The lowest BCUT2D eigenvalue weighted by Crippen LogP contribution is -2.22. The molecule has 0 unspecified atom stereocenters. The number of aliphatic imine (C=N–C) groups is 1. The van der Waals surface area contributed by atoms with Gasteiger partial charge in [0.25, 0.3) is 0 Å². The molecule has 0 atom stereocenters. The molecule has 0 fully saturated rings. The summed E-state index contributed by atoms with van der Waals surface area (Å²) in [6.45, 7) is 1.17. The first-order valence-corrected chi connectivity index (χ1v) is 8.00. The molecule has 0 heterocycles. The Morgan fingerprint density at radius 2 is 1.96 bits per heavy atom. The van der Waals surface area contributed by atoms with Crippen LogP contribution in [-0.4, -0.2) is 13.1 Å². The molecule has 0 radical (unpaired) electrons. The first-order valence-electron chi connectivity index (χ1n) is 8.00. The normalized spacial score (nSPS) is 13.9. The van der Waals surface area contributed by atoms with Crippen molar-refractivity contribution in [3.63, 3.8) is 0 Å². The lowest BCUT2D eigenvalue weighted by molar-refractivity contribution is 0.185. The molecule has 0 aromatic heterocycles. The topological polar surface area (TPSA) is 59.6 Å². The Hall–Kier alpha value is -2.33. The average molecular weight is 309 g/mol. The van der Waals surface area contributed by atoms with E-state index in [4.69, 9.17) is 10.5 Å². The van der Waals surface area contributed by atoms with Crippen molar-refractivity contribution in [2.24, 2.45) is 10.7 Å². The van der Waals surface area contributed by atoms with Crippen LogP contribution in [0.1, 0.15) is 28.7 Å². The Balaban J connectivity index is 1.62. The summed E-state index contributed by atoms with van der Waals surface area (Å²) >= 11 is 0. The van der Waals surface area contributed by atoms with E-state index in [1.54, 1.807) is 7.11 Å². The molecule has 23 heavy (non-hydrogen) atoms. The number of nitrogens with one attached hydrogen (secondary N) is 1. The Labute approximate surface area is 137 Å². The smallest absolute Gasteiger partial charge is 0.193 e. The van der Waals surface area contributed by atoms with E-state index in [2.05, 4.69) is 34.6 Å². The fraction of sp³-hybridized carbons (Fsp3) is 0.316. The van der Waals surface area contributed by atoms with Crippen molar-refractivity contribution in [1.82, 2.24) is 0 Å². The van der Waals surface area contributed by atoms with Crippen molar-refractivity contribution in [2.45, 2.75) is 32.4 Å². The van der Waals surface area contributed by atoms with E-state index in [9.17, 15) is 0 Å². The molecule has 2 aromatic carbocycles. The molecule has 2 aromatic rings. The number of rotatable bonds is 5. The molecular formula is C19H23N3O. The molecule has 0 aliphatic heterocycles.